The summed E-state index contributed by atoms with van der Waals surface area (Å²) in [7, 11) is 0. The van der Waals surface area contributed by atoms with Gasteiger partial charge in [-0.25, -0.2) is 0 Å². The Hall–Kier alpha value is -1.84. The highest BCUT2D eigenvalue weighted by Gasteiger charge is 2.30. The zero-order chi connectivity index (χ0) is 13.3. The smallest absolute Gasteiger partial charge is 0.308 e. The van der Waals surface area contributed by atoms with E-state index in [1.165, 1.54) is 6.92 Å². The number of carboxylic acids is 1. The molecule has 18 heavy (non-hydrogen) atoms. The Bertz CT molecular complexity index is 493. The minimum absolute atomic E-state index is 0.130. The molecule has 4 nitrogen and oxygen atoms in total. The van der Waals surface area contributed by atoms with Crippen LogP contribution in [0.2, 0.25) is 0 Å². The van der Waals surface area contributed by atoms with Gasteiger partial charge in [-0.2, -0.15) is 0 Å². The molecule has 0 fully saturated rings. The maximum absolute atomic E-state index is 11.0. The van der Waals surface area contributed by atoms with Crippen LogP contribution in [0.3, 0.4) is 0 Å². The fourth-order valence-corrected chi connectivity index (χ4v) is 2.41. The lowest BCUT2D eigenvalue weighted by atomic mass is 9.91. The van der Waals surface area contributed by atoms with Crippen molar-refractivity contribution in [3.05, 3.63) is 29.3 Å². The molecule has 0 heterocycles. The number of benzene rings is 1. The van der Waals surface area contributed by atoms with Crippen molar-refractivity contribution in [2.24, 2.45) is 11.8 Å². The van der Waals surface area contributed by atoms with Gasteiger partial charge < -0.3 is 9.84 Å². The van der Waals surface area contributed by atoms with Crippen molar-refractivity contribution in [3.63, 3.8) is 0 Å². The van der Waals surface area contributed by atoms with Crippen LogP contribution in [0.4, 0.5) is 0 Å². The van der Waals surface area contributed by atoms with Gasteiger partial charge in [-0.05, 0) is 42.0 Å². The molecule has 0 amide bonds. The molecule has 0 saturated carbocycles. The van der Waals surface area contributed by atoms with Gasteiger partial charge in [0.25, 0.3) is 0 Å². The number of aliphatic carboxylic acids is 1. The second-order valence-electron chi connectivity index (χ2n) is 4.82. The number of carboxylic acid groups (broad SMARTS) is 1. The van der Waals surface area contributed by atoms with Crippen molar-refractivity contribution < 1.29 is 19.4 Å². The molecule has 0 aromatic heterocycles. The lowest BCUT2D eigenvalue weighted by molar-refractivity contribution is -0.142. The molecule has 1 aromatic carbocycles. The van der Waals surface area contributed by atoms with E-state index in [0.29, 0.717) is 5.75 Å². The molecule has 2 atom stereocenters. The molecule has 96 valence electrons. The van der Waals surface area contributed by atoms with Gasteiger partial charge in [0.1, 0.15) is 5.75 Å². The standard InChI is InChI=1S/C14H16O4/c1-8(14(16)17)11-5-10-3-4-13(18-9(2)15)7-12(10)6-11/h3-4,7-8,11H,5-6H2,1-2H3,(H,16,17). The van der Waals surface area contributed by atoms with Crippen molar-refractivity contribution in [1.82, 2.24) is 0 Å². The maximum Gasteiger partial charge on any atom is 0.308 e. The van der Waals surface area contributed by atoms with E-state index in [1.54, 1.807) is 13.0 Å². The Morgan fingerprint density at radius 3 is 2.61 bits per heavy atom. The molecule has 0 aliphatic heterocycles. The summed E-state index contributed by atoms with van der Waals surface area (Å²) in [5.41, 5.74) is 2.25. The molecule has 0 radical (unpaired) electrons. The van der Waals surface area contributed by atoms with Crippen LogP contribution >= 0.6 is 0 Å². The van der Waals surface area contributed by atoms with E-state index in [-0.39, 0.29) is 17.8 Å². The highest BCUT2D eigenvalue weighted by Crippen LogP contribution is 2.33. The van der Waals surface area contributed by atoms with Gasteiger partial charge in [0.2, 0.25) is 0 Å². The number of carbonyl (C=O) groups excluding carboxylic acids is 1. The van der Waals surface area contributed by atoms with Crippen molar-refractivity contribution in [2.75, 3.05) is 0 Å². The van der Waals surface area contributed by atoms with Crippen LogP contribution < -0.4 is 4.74 Å². The summed E-state index contributed by atoms with van der Waals surface area (Å²) in [6, 6.07) is 5.52. The molecule has 0 spiro atoms. The van der Waals surface area contributed by atoms with Crippen molar-refractivity contribution in [1.29, 1.82) is 0 Å². The number of rotatable bonds is 3. The Balaban J connectivity index is 2.15. The van der Waals surface area contributed by atoms with E-state index in [1.807, 2.05) is 12.1 Å². The Labute approximate surface area is 106 Å². The Morgan fingerprint density at radius 2 is 2.00 bits per heavy atom. The minimum atomic E-state index is -0.756. The van der Waals surface area contributed by atoms with Gasteiger partial charge in [0.15, 0.2) is 0 Å². The van der Waals surface area contributed by atoms with Gasteiger partial charge in [0.05, 0.1) is 5.92 Å². The van der Waals surface area contributed by atoms with E-state index in [2.05, 4.69) is 0 Å². The van der Waals surface area contributed by atoms with E-state index >= 15 is 0 Å². The normalized spacial score (nSPS) is 19.1. The van der Waals surface area contributed by atoms with Crippen molar-refractivity contribution in [2.45, 2.75) is 26.7 Å². The maximum atomic E-state index is 11.0. The second-order valence-corrected chi connectivity index (χ2v) is 4.82. The number of ether oxygens (including phenoxy) is 1. The molecular weight excluding hydrogens is 232 g/mol. The van der Waals surface area contributed by atoms with Crippen LogP contribution in [-0.4, -0.2) is 17.0 Å². The molecule has 1 aliphatic carbocycles. The monoisotopic (exact) mass is 248 g/mol. The minimum Gasteiger partial charge on any atom is -0.481 e. The van der Waals surface area contributed by atoms with Gasteiger partial charge in [0, 0.05) is 6.92 Å². The first-order valence-corrected chi connectivity index (χ1v) is 6.00. The summed E-state index contributed by atoms with van der Waals surface area (Å²) in [4.78, 5) is 21.9. The highest BCUT2D eigenvalue weighted by atomic mass is 16.5. The van der Waals surface area contributed by atoms with Crippen molar-refractivity contribution in [3.8, 4) is 5.75 Å². The van der Waals surface area contributed by atoms with E-state index in [9.17, 15) is 9.59 Å². The molecular formula is C14H16O4. The van der Waals surface area contributed by atoms with Gasteiger partial charge in [-0.1, -0.05) is 13.0 Å². The molecule has 1 N–H and O–H groups in total. The third-order valence-corrected chi connectivity index (χ3v) is 3.50. The zero-order valence-corrected chi connectivity index (χ0v) is 10.5. The fraction of sp³-hybridized carbons (Fsp3) is 0.429. The average molecular weight is 248 g/mol. The number of fused-ring (bicyclic) bond motifs is 1. The van der Waals surface area contributed by atoms with Crippen LogP contribution in [0.15, 0.2) is 18.2 Å². The number of hydrogen-bond donors (Lipinski definition) is 1. The largest absolute Gasteiger partial charge is 0.481 e. The third-order valence-electron chi connectivity index (χ3n) is 3.50. The van der Waals surface area contributed by atoms with Crippen LogP contribution in [0.25, 0.3) is 0 Å². The molecule has 0 bridgehead atoms. The number of esters is 1. The first kappa shape index (κ1) is 12.6. The highest BCUT2D eigenvalue weighted by molar-refractivity contribution is 5.70. The van der Waals surface area contributed by atoms with Gasteiger partial charge >= 0.3 is 11.9 Å². The first-order chi connectivity index (χ1) is 8.47. The second kappa shape index (κ2) is 4.80. The molecule has 1 aliphatic rings. The van der Waals surface area contributed by atoms with Gasteiger partial charge in [-0.3, -0.25) is 9.59 Å². The predicted octanol–water partition coefficient (Wildman–Crippen LogP) is 2.05. The van der Waals surface area contributed by atoms with Crippen molar-refractivity contribution >= 4 is 11.9 Å². The van der Waals surface area contributed by atoms with Crippen LogP contribution in [0.5, 0.6) is 5.75 Å². The SMILES string of the molecule is CC(=O)Oc1ccc2c(c1)CC(C(C)C(=O)O)C2. The molecule has 2 rings (SSSR count). The molecule has 2 unspecified atom stereocenters. The molecule has 1 aromatic rings. The number of hydrogen-bond acceptors (Lipinski definition) is 3. The van der Waals surface area contributed by atoms with E-state index < -0.39 is 5.97 Å². The van der Waals surface area contributed by atoms with E-state index in [0.717, 1.165) is 24.0 Å². The zero-order valence-electron chi connectivity index (χ0n) is 10.5. The summed E-state index contributed by atoms with van der Waals surface area (Å²) < 4.78 is 5.03. The average Bonchev–Trinajstić information content (AvgIpc) is 2.69. The lowest BCUT2D eigenvalue weighted by Gasteiger charge is -2.13. The van der Waals surface area contributed by atoms with Crippen LogP contribution in [-0.2, 0) is 22.4 Å². The van der Waals surface area contributed by atoms with Crippen LogP contribution in [0, 0.1) is 11.8 Å². The Kier molecular flexibility index (Phi) is 3.36. The van der Waals surface area contributed by atoms with Gasteiger partial charge in [-0.15, -0.1) is 0 Å². The third kappa shape index (κ3) is 2.53. The fourth-order valence-electron chi connectivity index (χ4n) is 2.41. The van der Waals surface area contributed by atoms with Crippen LogP contribution in [0.1, 0.15) is 25.0 Å². The summed E-state index contributed by atoms with van der Waals surface area (Å²) in [5.74, 6) is -0.791. The topological polar surface area (TPSA) is 63.6 Å². The lowest BCUT2D eigenvalue weighted by Crippen LogP contribution is -2.20. The summed E-state index contributed by atoms with van der Waals surface area (Å²) >= 11 is 0. The molecule has 0 saturated heterocycles. The quantitative estimate of drug-likeness (QED) is 0.656. The predicted molar refractivity (Wildman–Crippen MR) is 65.4 cm³/mol. The molecule has 4 heteroatoms. The Morgan fingerprint density at radius 1 is 1.33 bits per heavy atom. The summed E-state index contributed by atoms with van der Waals surface area (Å²) in [6.07, 6.45) is 1.51. The summed E-state index contributed by atoms with van der Waals surface area (Å²) in [6.45, 7) is 3.11. The number of carbonyl (C=O) groups is 2. The summed E-state index contributed by atoms with van der Waals surface area (Å²) in [5, 5.41) is 9.03. The first-order valence-electron chi connectivity index (χ1n) is 6.00. The van der Waals surface area contributed by atoms with E-state index in [4.69, 9.17) is 9.84 Å².